The molecule has 164 valence electrons. The van der Waals surface area contributed by atoms with Crippen LogP contribution in [-0.4, -0.2) is 37.1 Å². The highest BCUT2D eigenvalue weighted by molar-refractivity contribution is 7.89. The van der Waals surface area contributed by atoms with Crippen LogP contribution in [0.4, 0.5) is 10.1 Å². The molecule has 0 aromatic heterocycles. The maximum Gasteiger partial charge on any atom is 0.246 e. The Hall–Kier alpha value is -2.78. The predicted octanol–water partition coefficient (Wildman–Crippen LogP) is 2.64. The molecule has 31 heavy (non-hydrogen) atoms. The van der Waals surface area contributed by atoms with E-state index in [0.29, 0.717) is 18.5 Å². The Labute approximate surface area is 180 Å². The molecule has 1 heterocycles. The largest absolute Gasteiger partial charge is 0.351 e. The number of anilines is 1. The lowest BCUT2D eigenvalue weighted by Crippen LogP contribution is -2.45. The van der Waals surface area contributed by atoms with Crippen LogP contribution in [0, 0.1) is 11.7 Å². The van der Waals surface area contributed by atoms with Crippen LogP contribution in [0.15, 0.2) is 53.4 Å². The second-order valence-electron chi connectivity index (χ2n) is 7.89. The van der Waals surface area contributed by atoms with Gasteiger partial charge >= 0.3 is 0 Å². The van der Waals surface area contributed by atoms with E-state index in [9.17, 15) is 22.4 Å². The van der Waals surface area contributed by atoms with Crippen molar-refractivity contribution in [3.8, 4) is 0 Å². The molecule has 4 rings (SSSR count). The van der Waals surface area contributed by atoms with Gasteiger partial charge in [0.25, 0.3) is 0 Å². The third-order valence-corrected chi connectivity index (χ3v) is 7.48. The van der Waals surface area contributed by atoms with Crippen molar-refractivity contribution in [3.63, 3.8) is 0 Å². The first-order valence-corrected chi connectivity index (χ1v) is 11.7. The number of halogens is 1. The van der Waals surface area contributed by atoms with Crippen molar-refractivity contribution in [2.24, 2.45) is 5.92 Å². The van der Waals surface area contributed by atoms with Gasteiger partial charge < -0.3 is 10.6 Å². The summed E-state index contributed by atoms with van der Waals surface area (Å²) in [5, 5.41) is 5.64. The lowest BCUT2D eigenvalue weighted by Gasteiger charge is -2.23. The van der Waals surface area contributed by atoms with Crippen molar-refractivity contribution >= 4 is 27.5 Å². The Balaban J connectivity index is 1.41. The van der Waals surface area contributed by atoms with E-state index < -0.39 is 32.7 Å². The fourth-order valence-electron chi connectivity index (χ4n) is 3.73. The minimum Gasteiger partial charge on any atom is -0.351 e. The van der Waals surface area contributed by atoms with Crippen LogP contribution in [0.3, 0.4) is 0 Å². The third kappa shape index (κ3) is 4.77. The van der Waals surface area contributed by atoms with Crippen LogP contribution < -0.4 is 10.6 Å². The Kier molecular flexibility index (Phi) is 6.06. The number of hydrogen-bond donors (Lipinski definition) is 2. The molecule has 2 aromatic rings. The molecule has 2 amide bonds. The molecule has 9 heteroatoms. The van der Waals surface area contributed by atoms with E-state index in [-0.39, 0.29) is 24.9 Å². The fraction of sp³-hybridized carbons (Fsp3) is 0.364. The first-order chi connectivity index (χ1) is 14.9. The molecule has 0 radical (unpaired) electrons. The van der Waals surface area contributed by atoms with Gasteiger partial charge in [0.05, 0.1) is 0 Å². The normalized spacial score (nSPS) is 19.2. The number of benzene rings is 2. The molecular weight excluding hydrogens is 421 g/mol. The highest BCUT2D eigenvalue weighted by atomic mass is 32.2. The Morgan fingerprint density at radius 2 is 1.81 bits per heavy atom. The molecule has 2 fully saturated rings. The average molecular weight is 446 g/mol. The quantitative estimate of drug-likeness (QED) is 0.685. The second-order valence-corrected chi connectivity index (χ2v) is 9.74. The minimum atomic E-state index is -4.12. The van der Waals surface area contributed by atoms with E-state index in [4.69, 9.17) is 0 Å². The Morgan fingerprint density at radius 3 is 2.55 bits per heavy atom. The Morgan fingerprint density at radius 1 is 1.03 bits per heavy atom. The van der Waals surface area contributed by atoms with E-state index in [1.807, 2.05) is 6.07 Å². The molecule has 1 saturated heterocycles. The number of carbonyl (C=O) groups excluding carboxylic acids is 2. The van der Waals surface area contributed by atoms with E-state index >= 15 is 0 Å². The Bertz CT molecular complexity index is 1100. The van der Waals surface area contributed by atoms with Crippen molar-refractivity contribution < 1.29 is 22.4 Å². The van der Waals surface area contributed by atoms with Gasteiger partial charge in [0, 0.05) is 24.7 Å². The molecule has 0 bridgehead atoms. The fourth-order valence-corrected chi connectivity index (χ4v) is 5.45. The monoisotopic (exact) mass is 445 g/mol. The number of carbonyl (C=O) groups is 2. The zero-order valence-electron chi connectivity index (χ0n) is 16.9. The van der Waals surface area contributed by atoms with E-state index in [2.05, 4.69) is 10.6 Å². The third-order valence-electron chi connectivity index (χ3n) is 5.54. The number of amides is 2. The van der Waals surface area contributed by atoms with Crippen LogP contribution in [0.25, 0.3) is 0 Å². The molecule has 1 atom stereocenters. The molecule has 1 aliphatic carbocycles. The highest BCUT2D eigenvalue weighted by Gasteiger charge is 2.40. The average Bonchev–Trinajstić information content (AvgIpc) is 3.48. The summed E-state index contributed by atoms with van der Waals surface area (Å²) in [6.45, 7) is 0.355. The maximum atomic E-state index is 14.1. The molecule has 2 aromatic carbocycles. The van der Waals surface area contributed by atoms with Crippen LogP contribution in [0.1, 0.15) is 31.2 Å². The molecule has 1 unspecified atom stereocenters. The summed E-state index contributed by atoms with van der Waals surface area (Å²) in [6.07, 6.45) is 2.72. The molecular formula is C22H24FN3O4S. The van der Waals surface area contributed by atoms with Crippen molar-refractivity contribution in [1.82, 2.24) is 9.62 Å². The van der Waals surface area contributed by atoms with Gasteiger partial charge in [-0.2, -0.15) is 4.31 Å². The van der Waals surface area contributed by atoms with Gasteiger partial charge in [-0.1, -0.05) is 24.3 Å². The number of nitrogens with one attached hydrogen (secondary N) is 2. The summed E-state index contributed by atoms with van der Waals surface area (Å²) in [4.78, 5) is 24.3. The number of nitrogens with zero attached hydrogens (tertiary/aromatic N) is 1. The van der Waals surface area contributed by atoms with Crippen LogP contribution in [0.5, 0.6) is 0 Å². The van der Waals surface area contributed by atoms with E-state index in [1.54, 1.807) is 18.2 Å². The summed E-state index contributed by atoms with van der Waals surface area (Å²) >= 11 is 0. The summed E-state index contributed by atoms with van der Waals surface area (Å²) in [7, 11) is -4.12. The molecule has 7 nitrogen and oxygen atoms in total. The highest BCUT2D eigenvalue weighted by Crippen LogP contribution is 2.30. The van der Waals surface area contributed by atoms with Gasteiger partial charge in [0.15, 0.2) is 0 Å². The second kappa shape index (κ2) is 8.76. The molecule has 2 aliphatic rings. The van der Waals surface area contributed by atoms with Gasteiger partial charge in [-0.3, -0.25) is 9.59 Å². The first kappa shape index (κ1) is 21.5. The maximum absolute atomic E-state index is 14.1. The van der Waals surface area contributed by atoms with Gasteiger partial charge in [-0.15, -0.1) is 0 Å². The van der Waals surface area contributed by atoms with Crippen molar-refractivity contribution in [1.29, 1.82) is 0 Å². The smallest absolute Gasteiger partial charge is 0.246 e. The first-order valence-electron chi connectivity index (χ1n) is 10.3. The zero-order valence-corrected chi connectivity index (χ0v) is 17.7. The van der Waals surface area contributed by atoms with Crippen LogP contribution in [0.2, 0.25) is 0 Å². The van der Waals surface area contributed by atoms with Crippen molar-refractivity contribution in [2.75, 3.05) is 11.9 Å². The zero-order chi connectivity index (χ0) is 22.0. The van der Waals surface area contributed by atoms with E-state index in [0.717, 1.165) is 28.8 Å². The van der Waals surface area contributed by atoms with Gasteiger partial charge in [0.1, 0.15) is 16.8 Å². The summed E-state index contributed by atoms with van der Waals surface area (Å²) in [5.74, 6) is -1.17. The van der Waals surface area contributed by atoms with Crippen molar-refractivity contribution in [2.45, 2.75) is 43.2 Å². The van der Waals surface area contributed by atoms with Crippen LogP contribution >= 0.6 is 0 Å². The standard InChI is InChI=1S/C22H24FN3O4S/c23-18-7-1-2-9-20(18)31(29,30)26-12-4-8-19(26)22(28)24-14-15-5-3-6-17(13-15)25-21(27)16-10-11-16/h1-3,5-7,9,13,16,19H,4,8,10-12,14H2,(H,24,28)(H,25,27). The SMILES string of the molecule is O=C(Nc1cccc(CNC(=O)C2CCCN2S(=O)(=O)c2ccccc2F)c1)C1CC1. The lowest BCUT2D eigenvalue weighted by molar-refractivity contribution is -0.124. The number of rotatable bonds is 7. The lowest BCUT2D eigenvalue weighted by atomic mass is 10.1. The summed E-state index contributed by atoms with van der Waals surface area (Å²) < 4.78 is 41.0. The topological polar surface area (TPSA) is 95.6 Å². The predicted molar refractivity (Wildman–Crippen MR) is 113 cm³/mol. The minimum absolute atomic E-state index is 0.00105. The molecule has 1 saturated carbocycles. The molecule has 0 spiro atoms. The van der Waals surface area contributed by atoms with Gasteiger partial charge in [0.2, 0.25) is 21.8 Å². The number of hydrogen-bond acceptors (Lipinski definition) is 4. The van der Waals surface area contributed by atoms with Gasteiger partial charge in [-0.25, -0.2) is 12.8 Å². The van der Waals surface area contributed by atoms with Crippen LogP contribution in [-0.2, 0) is 26.2 Å². The molecule has 2 N–H and O–H groups in total. The summed E-state index contributed by atoms with van der Waals surface area (Å²) in [5.41, 5.74) is 1.44. The van der Waals surface area contributed by atoms with Gasteiger partial charge in [-0.05, 0) is 55.5 Å². The molecule has 1 aliphatic heterocycles. The summed E-state index contributed by atoms with van der Waals surface area (Å²) in [6, 6.07) is 11.5. The van der Waals surface area contributed by atoms with E-state index in [1.165, 1.54) is 18.2 Å². The number of sulfonamides is 1. The van der Waals surface area contributed by atoms with Crippen molar-refractivity contribution in [3.05, 3.63) is 59.9 Å².